The van der Waals surface area contributed by atoms with Crippen molar-refractivity contribution in [1.82, 2.24) is 16.3 Å². The average molecular weight is 388 g/mol. The van der Waals surface area contributed by atoms with Crippen molar-refractivity contribution < 1.29 is 9.63 Å². The standard InChI is InChI=1S/C23H24N4O2/c1-3-18(16-24)15-21(4-2)29-27-26-22(20-13-9-6-10-14-20)23(28)25-17-19-11-7-5-8-12-19/h3-15,22,26-27H,2,17H2,1H3,(H,25,28)/b18-3+,21-15+. The van der Waals surface area contributed by atoms with E-state index in [2.05, 4.69) is 22.9 Å². The number of benzene rings is 2. The minimum atomic E-state index is -0.692. The van der Waals surface area contributed by atoms with Crippen LogP contribution in [-0.2, 0) is 16.2 Å². The molecular weight excluding hydrogens is 364 g/mol. The zero-order chi connectivity index (χ0) is 20.9. The molecule has 1 unspecified atom stereocenters. The lowest BCUT2D eigenvalue weighted by Crippen LogP contribution is -2.43. The van der Waals surface area contributed by atoms with E-state index in [0.717, 1.165) is 11.1 Å². The first-order valence-corrected chi connectivity index (χ1v) is 9.12. The van der Waals surface area contributed by atoms with Gasteiger partial charge in [0.25, 0.3) is 0 Å². The maximum atomic E-state index is 12.8. The molecule has 0 spiro atoms. The molecule has 0 aliphatic heterocycles. The summed E-state index contributed by atoms with van der Waals surface area (Å²) in [5, 5.41) is 11.9. The molecule has 0 saturated heterocycles. The van der Waals surface area contributed by atoms with Crippen LogP contribution in [0.3, 0.4) is 0 Å². The predicted octanol–water partition coefficient (Wildman–Crippen LogP) is 3.61. The van der Waals surface area contributed by atoms with Crippen LogP contribution in [0.4, 0.5) is 0 Å². The fourth-order valence-corrected chi connectivity index (χ4v) is 2.44. The van der Waals surface area contributed by atoms with Gasteiger partial charge in [-0.05, 0) is 24.1 Å². The van der Waals surface area contributed by atoms with Crippen molar-refractivity contribution in [1.29, 1.82) is 5.26 Å². The second-order valence-corrected chi connectivity index (χ2v) is 6.00. The summed E-state index contributed by atoms with van der Waals surface area (Å²) in [5.41, 5.74) is 7.66. The van der Waals surface area contributed by atoms with E-state index in [1.165, 1.54) is 12.2 Å². The highest BCUT2D eigenvalue weighted by atomic mass is 16.7. The number of rotatable bonds is 10. The van der Waals surface area contributed by atoms with Crippen LogP contribution in [0.5, 0.6) is 0 Å². The van der Waals surface area contributed by atoms with Gasteiger partial charge in [-0.2, -0.15) is 5.26 Å². The molecule has 1 amide bonds. The van der Waals surface area contributed by atoms with Crippen LogP contribution < -0.4 is 16.3 Å². The molecule has 0 aromatic heterocycles. The molecule has 2 aromatic carbocycles. The summed E-state index contributed by atoms with van der Waals surface area (Å²) in [6.07, 6.45) is 4.65. The zero-order valence-corrected chi connectivity index (χ0v) is 16.3. The van der Waals surface area contributed by atoms with E-state index in [0.29, 0.717) is 17.9 Å². The molecule has 0 saturated carbocycles. The summed E-state index contributed by atoms with van der Waals surface area (Å²) in [7, 11) is 0. The predicted molar refractivity (Wildman–Crippen MR) is 112 cm³/mol. The monoisotopic (exact) mass is 388 g/mol. The number of hydrogen-bond donors (Lipinski definition) is 3. The quantitative estimate of drug-likeness (QED) is 0.251. The fraction of sp³-hybridized carbons (Fsp3) is 0.130. The Balaban J connectivity index is 2.04. The lowest BCUT2D eigenvalue weighted by molar-refractivity contribution is -0.124. The number of hydrogen-bond acceptors (Lipinski definition) is 5. The van der Waals surface area contributed by atoms with Crippen LogP contribution in [0.1, 0.15) is 24.1 Å². The minimum Gasteiger partial charge on any atom is -0.394 e. The first kappa shape index (κ1) is 21.6. The lowest BCUT2D eigenvalue weighted by atomic mass is 10.1. The number of carbonyl (C=O) groups excluding carboxylic acids is 1. The second-order valence-electron chi connectivity index (χ2n) is 6.00. The third-order valence-corrected chi connectivity index (χ3v) is 4.02. The third kappa shape index (κ3) is 7.11. The molecular formula is C23H24N4O2. The van der Waals surface area contributed by atoms with Gasteiger partial charge >= 0.3 is 0 Å². The molecule has 0 bridgehead atoms. The number of nitrogens with one attached hydrogen (secondary N) is 3. The third-order valence-electron chi connectivity index (χ3n) is 4.02. The average Bonchev–Trinajstić information content (AvgIpc) is 2.78. The highest BCUT2D eigenvalue weighted by molar-refractivity contribution is 5.83. The Hall–Kier alpha value is -3.66. The van der Waals surface area contributed by atoms with Crippen molar-refractivity contribution in [3.63, 3.8) is 0 Å². The minimum absolute atomic E-state index is 0.216. The van der Waals surface area contributed by atoms with Gasteiger partial charge in [-0.3, -0.25) is 4.79 Å². The smallest absolute Gasteiger partial charge is 0.243 e. The molecule has 148 valence electrons. The van der Waals surface area contributed by atoms with Crippen LogP contribution in [0, 0.1) is 11.3 Å². The van der Waals surface area contributed by atoms with Crippen molar-refractivity contribution >= 4 is 5.91 Å². The Labute approximate surface area is 171 Å². The molecule has 3 N–H and O–H groups in total. The summed E-state index contributed by atoms with van der Waals surface area (Å²) in [6.45, 7) is 5.83. The Bertz CT molecular complexity index is 899. The van der Waals surface area contributed by atoms with E-state index in [1.54, 1.807) is 13.0 Å². The second kappa shape index (κ2) is 11.9. The summed E-state index contributed by atoms with van der Waals surface area (Å²) < 4.78 is 0. The molecule has 0 aliphatic rings. The fourth-order valence-electron chi connectivity index (χ4n) is 2.44. The van der Waals surface area contributed by atoms with Gasteiger partial charge < -0.3 is 10.2 Å². The molecule has 29 heavy (non-hydrogen) atoms. The number of nitrogens with zero attached hydrogens (tertiary/aromatic N) is 1. The van der Waals surface area contributed by atoms with Gasteiger partial charge in [0.15, 0.2) is 0 Å². The maximum Gasteiger partial charge on any atom is 0.243 e. The van der Waals surface area contributed by atoms with Crippen LogP contribution in [0.25, 0.3) is 0 Å². The van der Waals surface area contributed by atoms with Gasteiger partial charge in [-0.15, -0.1) is 0 Å². The van der Waals surface area contributed by atoms with E-state index < -0.39 is 6.04 Å². The molecule has 6 nitrogen and oxygen atoms in total. The number of nitriles is 1. The Morgan fingerprint density at radius 2 is 1.83 bits per heavy atom. The topological polar surface area (TPSA) is 86.2 Å². The number of carbonyl (C=O) groups is 1. The van der Waals surface area contributed by atoms with Crippen molar-refractivity contribution in [3.05, 3.63) is 108 Å². The van der Waals surface area contributed by atoms with Crippen molar-refractivity contribution in [2.75, 3.05) is 0 Å². The number of allylic oxidation sites excluding steroid dienone is 4. The van der Waals surface area contributed by atoms with Crippen molar-refractivity contribution in [3.8, 4) is 6.07 Å². The molecule has 0 heterocycles. The van der Waals surface area contributed by atoms with Gasteiger partial charge in [-0.25, -0.2) is 5.43 Å². The molecule has 6 heteroatoms. The molecule has 0 aliphatic carbocycles. The number of amides is 1. The van der Waals surface area contributed by atoms with Crippen LogP contribution in [-0.4, -0.2) is 5.91 Å². The van der Waals surface area contributed by atoms with Crippen LogP contribution in [0.15, 0.2) is 96.8 Å². The Kier molecular flexibility index (Phi) is 8.90. The van der Waals surface area contributed by atoms with Crippen molar-refractivity contribution in [2.45, 2.75) is 19.5 Å². The Morgan fingerprint density at radius 3 is 2.41 bits per heavy atom. The first-order chi connectivity index (χ1) is 14.2. The van der Waals surface area contributed by atoms with Gasteiger partial charge in [0.1, 0.15) is 11.8 Å². The highest BCUT2D eigenvalue weighted by Gasteiger charge is 2.20. The van der Waals surface area contributed by atoms with E-state index in [1.807, 2.05) is 66.7 Å². The van der Waals surface area contributed by atoms with E-state index in [4.69, 9.17) is 10.1 Å². The molecule has 2 aromatic rings. The normalized spacial score (nSPS) is 12.6. The maximum absolute atomic E-state index is 12.8. The van der Waals surface area contributed by atoms with Gasteiger partial charge in [0.05, 0.1) is 11.6 Å². The molecule has 1 atom stereocenters. The zero-order valence-electron chi connectivity index (χ0n) is 16.3. The summed E-state index contributed by atoms with van der Waals surface area (Å²) >= 11 is 0. The van der Waals surface area contributed by atoms with Gasteiger partial charge in [-0.1, -0.05) is 78.9 Å². The number of hydrazine groups is 1. The Morgan fingerprint density at radius 1 is 1.17 bits per heavy atom. The van der Waals surface area contributed by atoms with Gasteiger partial charge in [0, 0.05) is 12.6 Å². The van der Waals surface area contributed by atoms with E-state index >= 15 is 0 Å². The van der Waals surface area contributed by atoms with Gasteiger partial charge in [0.2, 0.25) is 5.91 Å². The van der Waals surface area contributed by atoms with E-state index in [-0.39, 0.29) is 5.91 Å². The van der Waals surface area contributed by atoms with E-state index in [9.17, 15) is 4.79 Å². The highest BCUT2D eigenvalue weighted by Crippen LogP contribution is 2.13. The van der Waals surface area contributed by atoms with Crippen molar-refractivity contribution in [2.24, 2.45) is 0 Å². The largest absolute Gasteiger partial charge is 0.394 e. The summed E-state index contributed by atoms with van der Waals surface area (Å²) in [5.74, 6) is 0.120. The molecule has 2 rings (SSSR count). The lowest BCUT2D eigenvalue weighted by Gasteiger charge is -2.19. The van der Waals surface area contributed by atoms with Crippen LogP contribution >= 0.6 is 0 Å². The molecule has 0 radical (unpaired) electrons. The summed E-state index contributed by atoms with van der Waals surface area (Å²) in [6, 6.07) is 20.3. The van der Waals surface area contributed by atoms with Crippen LogP contribution in [0.2, 0.25) is 0 Å². The first-order valence-electron chi connectivity index (χ1n) is 9.12. The summed E-state index contributed by atoms with van der Waals surface area (Å²) in [4.78, 5) is 18.2. The SMILES string of the molecule is C=C/C(=C\C(C#N)=C/C)ONNC(C(=O)NCc1ccccc1)c1ccccc1. The molecule has 0 fully saturated rings.